The lowest BCUT2D eigenvalue weighted by Gasteiger charge is -2.15. The normalized spacial score (nSPS) is 10.9. The molecule has 3 aromatic carbocycles. The van der Waals surface area contributed by atoms with Crippen LogP contribution >= 0.6 is 27.5 Å². The summed E-state index contributed by atoms with van der Waals surface area (Å²) < 4.78 is 20.6. The number of benzene rings is 3. The predicted octanol–water partition coefficient (Wildman–Crippen LogP) is 6.07. The lowest BCUT2D eigenvalue weighted by Crippen LogP contribution is -1.94. The SMILES string of the molecule is COc1ccc2ccccc2c1-c1c(Br)ccc(Cl)c1F. The van der Waals surface area contributed by atoms with Gasteiger partial charge < -0.3 is 4.74 Å². The van der Waals surface area contributed by atoms with E-state index in [1.54, 1.807) is 13.2 Å². The number of ether oxygens (including phenoxy) is 1. The van der Waals surface area contributed by atoms with Crippen LogP contribution in [0.15, 0.2) is 53.0 Å². The van der Waals surface area contributed by atoms with Crippen molar-refractivity contribution in [3.63, 3.8) is 0 Å². The van der Waals surface area contributed by atoms with E-state index in [1.807, 2.05) is 36.4 Å². The van der Waals surface area contributed by atoms with Crippen LogP contribution in [0.3, 0.4) is 0 Å². The number of methoxy groups -OCH3 is 1. The predicted molar refractivity (Wildman–Crippen MR) is 88.6 cm³/mol. The molecule has 0 radical (unpaired) electrons. The fourth-order valence-electron chi connectivity index (χ4n) is 2.44. The molecular formula is C17H11BrClFO. The fourth-order valence-corrected chi connectivity index (χ4v) is 3.10. The molecule has 0 aromatic heterocycles. The van der Waals surface area contributed by atoms with Gasteiger partial charge in [-0.05, 0) is 29.0 Å². The number of fused-ring (bicyclic) bond motifs is 1. The van der Waals surface area contributed by atoms with Crippen LogP contribution < -0.4 is 4.74 Å². The van der Waals surface area contributed by atoms with Crippen LogP contribution in [-0.2, 0) is 0 Å². The lowest BCUT2D eigenvalue weighted by atomic mass is 9.97. The maximum atomic E-state index is 14.6. The number of halogens is 3. The lowest BCUT2D eigenvalue weighted by molar-refractivity contribution is 0.416. The van der Waals surface area contributed by atoms with E-state index in [0.717, 1.165) is 10.8 Å². The van der Waals surface area contributed by atoms with Gasteiger partial charge in [-0.25, -0.2) is 4.39 Å². The van der Waals surface area contributed by atoms with Crippen LogP contribution in [0.2, 0.25) is 5.02 Å². The molecule has 0 atom stereocenters. The number of hydrogen-bond donors (Lipinski definition) is 0. The van der Waals surface area contributed by atoms with E-state index >= 15 is 0 Å². The number of rotatable bonds is 2. The Morgan fingerprint density at radius 1 is 1.00 bits per heavy atom. The minimum Gasteiger partial charge on any atom is -0.496 e. The molecule has 106 valence electrons. The zero-order valence-corrected chi connectivity index (χ0v) is 13.5. The van der Waals surface area contributed by atoms with Gasteiger partial charge >= 0.3 is 0 Å². The summed E-state index contributed by atoms with van der Waals surface area (Å²) in [6, 6.07) is 14.8. The molecule has 0 aliphatic heterocycles. The molecule has 0 saturated heterocycles. The Morgan fingerprint density at radius 2 is 1.76 bits per heavy atom. The molecule has 0 spiro atoms. The van der Waals surface area contributed by atoms with Crippen molar-refractivity contribution in [2.24, 2.45) is 0 Å². The highest BCUT2D eigenvalue weighted by atomic mass is 79.9. The van der Waals surface area contributed by atoms with Crippen molar-refractivity contribution in [1.82, 2.24) is 0 Å². The third-order valence-corrected chi connectivity index (χ3v) is 4.36. The summed E-state index contributed by atoms with van der Waals surface area (Å²) in [5, 5.41) is 2.02. The molecule has 0 bridgehead atoms. The van der Waals surface area contributed by atoms with Crippen LogP contribution in [0.1, 0.15) is 0 Å². The van der Waals surface area contributed by atoms with E-state index < -0.39 is 5.82 Å². The van der Waals surface area contributed by atoms with Gasteiger partial charge in [0.15, 0.2) is 5.82 Å². The second-order valence-electron chi connectivity index (χ2n) is 4.58. The second kappa shape index (κ2) is 5.66. The highest BCUT2D eigenvalue weighted by molar-refractivity contribution is 9.10. The summed E-state index contributed by atoms with van der Waals surface area (Å²) in [6.07, 6.45) is 0. The Labute approximate surface area is 135 Å². The van der Waals surface area contributed by atoms with Gasteiger partial charge in [0.25, 0.3) is 0 Å². The topological polar surface area (TPSA) is 9.23 Å². The van der Waals surface area contributed by atoms with Gasteiger partial charge in [-0.1, -0.05) is 57.9 Å². The Bertz CT molecular complexity index is 832. The summed E-state index contributed by atoms with van der Waals surface area (Å²) in [6.45, 7) is 0. The molecule has 1 nitrogen and oxygen atoms in total. The van der Waals surface area contributed by atoms with E-state index in [0.29, 0.717) is 21.3 Å². The molecular weight excluding hydrogens is 355 g/mol. The second-order valence-corrected chi connectivity index (χ2v) is 5.84. The van der Waals surface area contributed by atoms with Gasteiger partial charge in [0, 0.05) is 15.6 Å². The highest BCUT2D eigenvalue weighted by Crippen LogP contribution is 2.43. The number of hydrogen-bond acceptors (Lipinski definition) is 1. The van der Waals surface area contributed by atoms with Crippen LogP contribution in [0.25, 0.3) is 21.9 Å². The Hall–Kier alpha value is -1.58. The summed E-state index contributed by atoms with van der Waals surface area (Å²) in [5.74, 6) is 0.149. The highest BCUT2D eigenvalue weighted by Gasteiger charge is 2.19. The first-order valence-electron chi connectivity index (χ1n) is 6.33. The average Bonchev–Trinajstić information content (AvgIpc) is 2.51. The minimum atomic E-state index is -0.458. The monoisotopic (exact) mass is 364 g/mol. The summed E-state index contributed by atoms with van der Waals surface area (Å²) in [7, 11) is 1.57. The Balaban J connectivity index is 2.47. The standard InChI is InChI=1S/C17H11BrClFO/c1-21-14-9-6-10-4-2-3-5-11(10)15(14)16-12(18)7-8-13(19)17(16)20/h2-9H,1H3. The molecule has 0 aliphatic rings. The first-order chi connectivity index (χ1) is 10.1. The molecule has 3 rings (SSSR count). The smallest absolute Gasteiger partial charge is 0.150 e. The summed E-state index contributed by atoms with van der Waals surface area (Å²) in [4.78, 5) is 0. The van der Waals surface area contributed by atoms with Gasteiger partial charge in [-0.15, -0.1) is 0 Å². The molecule has 21 heavy (non-hydrogen) atoms. The van der Waals surface area contributed by atoms with Gasteiger partial charge in [0.2, 0.25) is 0 Å². The van der Waals surface area contributed by atoms with Crippen molar-refractivity contribution < 1.29 is 9.13 Å². The third kappa shape index (κ3) is 2.41. The maximum Gasteiger partial charge on any atom is 0.150 e. The third-order valence-electron chi connectivity index (χ3n) is 3.40. The largest absolute Gasteiger partial charge is 0.496 e. The molecule has 0 saturated carbocycles. The van der Waals surface area contributed by atoms with Crippen LogP contribution in [0, 0.1) is 5.82 Å². The average molecular weight is 366 g/mol. The van der Waals surface area contributed by atoms with Crippen LogP contribution in [-0.4, -0.2) is 7.11 Å². The molecule has 3 aromatic rings. The van der Waals surface area contributed by atoms with Gasteiger partial charge in [0.1, 0.15) is 5.75 Å². The molecule has 0 fully saturated rings. The molecule has 0 unspecified atom stereocenters. The first-order valence-corrected chi connectivity index (χ1v) is 7.50. The Kier molecular flexibility index (Phi) is 3.87. The van der Waals surface area contributed by atoms with E-state index in [-0.39, 0.29) is 5.02 Å². The van der Waals surface area contributed by atoms with Gasteiger partial charge in [0.05, 0.1) is 12.1 Å². The quantitative estimate of drug-likeness (QED) is 0.501. The van der Waals surface area contributed by atoms with Crippen molar-refractivity contribution in [2.75, 3.05) is 7.11 Å². The summed E-state index contributed by atoms with van der Waals surface area (Å²) in [5.41, 5.74) is 1.11. The minimum absolute atomic E-state index is 0.0863. The maximum absolute atomic E-state index is 14.6. The van der Waals surface area contributed by atoms with Gasteiger partial charge in [-0.3, -0.25) is 0 Å². The first kappa shape index (κ1) is 14.4. The zero-order chi connectivity index (χ0) is 15.0. The summed E-state index contributed by atoms with van der Waals surface area (Å²) >= 11 is 9.36. The van der Waals surface area contributed by atoms with E-state index in [2.05, 4.69) is 15.9 Å². The zero-order valence-electron chi connectivity index (χ0n) is 11.2. The molecule has 0 N–H and O–H groups in total. The molecule has 0 heterocycles. The van der Waals surface area contributed by atoms with Crippen LogP contribution in [0.5, 0.6) is 5.75 Å². The van der Waals surface area contributed by atoms with E-state index in [1.165, 1.54) is 6.07 Å². The fraction of sp³-hybridized carbons (Fsp3) is 0.0588. The van der Waals surface area contributed by atoms with Crippen molar-refractivity contribution >= 4 is 38.3 Å². The Morgan fingerprint density at radius 3 is 2.52 bits per heavy atom. The van der Waals surface area contributed by atoms with Crippen LogP contribution in [0.4, 0.5) is 4.39 Å². The van der Waals surface area contributed by atoms with Crippen molar-refractivity contribution in [3.05, 3.63) is 63.8 Å². The van der Waals surface area contributed by atoms with Crippen molar-refractivity contribution in [2.45, 2.75) is 0 Å². The van der Waals surface area contributed by atoms with Gasteiger partial charge in [-0.2, -0.15) is 0 Å². The van der Waals surface area contributed by atoms with E-state index in [9.17, 15) is 4.39 Å². The van der Waals surface area contributed by atoms with Crippen molar-refractivity contribution in [3.8, 4) is 16.9 Å². The molecule has 0 amide bonds. The molecule has 4 heteroatoms. The molecule has 0 aliphatic carbocycles. The van der Waals surface area contributed by atoms with Crippen molar-refractivity contribution in [1.29, 1.82) is 0 Å². The van der Waals surface area contributed by atoms with E-state index in [4.69, 9.17) is 16.3 Å².